The van der Waals surface area contributed by atoms with Crippen LogP contribution in [0.25, 0.3) is 10.4 Å². The van der Waals surface area contributed by atoms with Crippen LogP contribution in [0.2, 0.25) is 0 Å². The average Bonchev–Trinajstić information content (AvgIpc) is 3.63. The fourth-order valence-corrected chi connectivity index (χ4v) is 6.48. The molecule has 1 amide bonds. The molecule has 1 saturated heterocycles. The van der Waals surface area contributed by atoms with Crippen LogP contribution in [0.3, 0.4) is 0 Å². The Balaban J connectivity index is 1.14. The maximum Gasteiger partial charge on any atom is 0.323 e. The molecule has 4 atom stereocenters. The fourth-order valence-electron chi connectivity index (χ4n) is 5.52. The number of aryl methyl sites for hydroxylation is 1. The van der Waals surface area contributed by atoms with Gasteiger partial charge in [0.25, 0.3) is 5.91 Å². The van der Waals surface area contributed by atoms with Crippen LogP contribution in [0.1, 0.15) is 72.4 Å². The first-order valence-corrected chi connectivity index (χ1v) is 16.2. The molecule has 0 bridgehead atoms. The van der Waals surface area contributed by atoms with Crippen molar-refractivity contribution in [3.63, 3.8) is 0 Å². The molecular formula is C34H45N5O3S. The molecule has 230 valence electrons. The van der Waals surface area contributed by atoms with Crippen LogP contribution in [-0.4, -0.2) is 49.2 Å². The maximum atomic E-state index is 13.3. The van der Waals surface area contributed by atoms with E-state index in [4.69, 9.17) is 10.5 Å². The van der Waals surface area contributed by atoms with E-state index < -0.39 is 6.04 Å². The van der Waals surface area contributed by atoms with Gasteiger partial charge in [0, 0.05) is 46.7 Å². The number of esters is 1. The van der Waals surface area contributed by atoms with Gasteiger partial charge in [0.05, 0.1) is 12.1 Å². The molecule has 1 aliphatic carbocycles. The zero-order chi connectivity index (χ0) is 30.5. The first-order chi connectivity index (χ1) is 20.7. The van der Waals surface area contributed by atoms with E-state index in [2.05, 4.69) is 57.7 Å². The number of hydrogen-bond donors (Lipinski definition) is 5. The summed E-state index contributed by atoms with van der Waals surface area (Å²) in [7, 11) is 0. The first-order valence-electron chi connectivity index (χ1n) is 15.4. The standard InChI is InChI=1S/C34H45N5O3S/c1-20(2)32(35)34(41)42-28-11-10-25(15-28)37-19-29-12-13-31(43-29)24-7-5-6-23(14-24)22(4)38-33(40)30-16-26(9-8-21(30)3)39-27-17-36-18-27/h5-9,12-14,16,20,22,25,27-28,32,36-37,39H,10-11,15,17-19,35H2,1-4H3,(H,38,40)/t22?,25-,28+,32?/m0/s1. The van der Waals surface area contributed by atoms with Gasteiger partial charge in [0.1, 0.15) is 12.1 Å². The van der Waals surface area contributed by atoms with Gasteiger partial charge in [-0.1, -0.05) is 38.1 Å². The number of benzene rings is 2. The van der Waals surface area contributed by atoms with Crippen LogP contribution in [0.4, 0.5) is 5.69 Å². The Morgan fingerprint density at radius 2 is 1.86 bits per heavy atom. The lowest BCUT2D eigenvalue weighted by molar-refractivity contribution is -0.151. The molecule has 2 aromatic carbocycles. The molecular weight excluding hydrogens is 558 g/mol. The van der Waals surface area contributed by atoms with E-state index in [1.165, 1.54) is 9.75 Å². The van der Waals surface area contributed by atoms with Crippen LogP contribution in [0.15, 0.2) is 54.6 Å². The zero-order valence-corrected chi connectivity index (χ0v) is 26.4. The number of hydrogen-bond acceptors (Lipinski definition) is 8. The van der Waals surface area contributed by atoms with E-state index >= 15 is 0 Å². The van der Waals surface area contributed by atoms with Gasteiger partial charge >= 0.3 is 5.97 Å². The largest absolute Gasteiger partial charge is 0.461 e. The van der Waals surface area contributed by atoms with Gasteiger partial charge < -0.3 is 31.7 Å². The van der Waals surface area contributed by atoms with Crippen molar-refractivity contribution in [3.05, 3.63) is 76.2 Å². The van der Waals surface area contributed by atoms with Crippen molar-refractivity contribution in [2.75, 3.05) is 18.4 Å². The number of carbonyl (C=O) groups excluding carboxylic acids is 2. The number of thiophene rings is 1. The highest BCUT2D eigenvalue weighted by atomic mass is 32.1. The van der Waals surface area contributed by atoms with Crippen LogP contribution in [0, 0.1) is 12.8 Å². The Bertz CT molecular complexity index is 1420. The monoisotopic (exact) mass is 603 g/mol. The molecule has 1 aromatic heterocycles. The van der Waals surface area contributed by atoms with Crippen molar-refractivity contribution in [2.24, 2.45) is 11.7 Å². The summed E-state index contributed by atoms with van der Waals surface area (Å²) in [6.45, 7) is 10.5. The lowest BCUT2D eigenvalue weighted by atomic mass is 10.0. The van der Waals surface area contributed by atoms with E-state index in [0.29, 0.717) is 17.6 Å². The van der Waals surface area contributed by atoms with E-state index in [1.54, 1.807) is 11.3 Å². The Kier molecular flexibility index (Phi) is 10.2. The van der Waals surface area contributed by atoms with E-state index in [-0.39, 0.29) is 29.9 Å². The second kappa shape index (κ2) is 14.0. The second-order valence-corrected chi connectivity index (χ2v) is 13.5. The molecule has 2 unspecified atom stereocenters. The summed E-state index contributed by atoms with van der Waals surface area (Å²) < 4.78 is 5.66. The highest BCUT2D eigenvalue weighted by molar-refractivity contribution is 7.15. The number of amides is 1. The van der Waals surface area contributed by atoms with Gasteiger partial charge in [0.15, 0.2) is 0 Å². The smallest absolute Gasteiger partial charge is 0.323 e. The van der Waals surface area contributed by atoms with Gasteiger partial charge in [0.2, 0.25) is 0 Å². The topological polar surface area (TPSA) is 118 Å². The molecule has 1 saturated carbocycles. The zero-order valence-electron chi connectivity index (χ0n) is 25.6. The van der Waals surface area contributed by atoms with Gasteiger partial charge in [-0.15, -0.1) is 11.3 Å². The van der Waals surface area contributed by atoms with Gasteiger partial charge in [-0.05, 0) is 86.1 Å². The van der Waals surface area contributed by atoms with Crippen molar-refractivity contribution >= 4 is 28.9 Å². The van der Waals surface area contributed by atoms with Crippen LogP contribution < -0.4 is 27.0 Å². The van der Waals surface area contributed by atoms with E-state index in [1.807, 2.05) is 45.9 Å². The fraction of sp³-hybridized carbons (Fsp3) is 0.471. The predicted octanol–water partition coefficient (Wildman–Crippen LogP) is 5.14. The van der Waals surface area contributed by atoms with Gasteiger partial charge in [-0.2, -0.15) is 0 Å². The molecule has 0 spiro atoms. The summed E-state index contributed by atoms with van der Waals surface area (Å²) in [4.78, 5) is 27.9. The summed E-state index contributed by atoms with van der Waals surface area (Å²) in [5.74, 6) is -0.289. The Labute approximate surface area is 259 Å². The Morgan fingerprint density at radius 1 is 1.05 bits per heavy atom. The van der Waals surface area contributed by atoms with E-state index in [0.717, 1.165) is 61.3 Å². The molecule has 9 heteroatoms. The van der Waals surface area contributed by atoms with Crippen molar-refractivity contribution in [1.82, 2.24) is 16.0 Å². The molecule has 8 nitrogen and oxygen atoms in total. The highest BCUT2D eigenvalue weighted by Gasteiger charge is 2.30. The molecule has 5 rings (SSSR count). The third kappa shape index (κ3) is 8.03. The molecule has 2 aliphatic rings. The molecule has 0 radical (unpaired) electrons. The van der Waals surface area contributed by atoms with Crippen LogP contribution in [-0.2, 0) is 16.1 Å². The number of anilines is 1. The number of nitrogens with one attached hydrogen (secondary N) is 4. The minimum absolute atomic E-state index is 0.0617. The van der Waals surface area contributed by atoms with Gasteiger partial charge in [-0.25, -0.2) is 0 Å². The van der Waals surface area contributed by atoms with Gasteiger partial charge in [-0.3, -0.25) is 9.59 Å². The minimum atomic E-state index is -0.562. The second-order valence-electron chi connectivity index (χ2n) is 12.3. The average molecular weight is 604 g/mol. The van der Waals surface area contributed by atoms with Crippen molar-refractivity contribution in [3.8, 4) is 10.4 Å². The molecule has 3 aromatic rings. The third-order valence-electron chi connectivity index (χ3n) is 8.54. The van der Waals surface area contributed by atoms with Crippen molar-refractivity contribution in [1.29, 1.82) is 0 Å². The van der Waals surface area contributed by atoms with Crippen LogP contribution >= 0.6 is 11.3 Å². The number of nitrogens with two attached hydrogens (primary N) is 1. The normalized spacial score (nSPS) is 20.0. The Morgan fingerprint density at radius 3 is 2.60 bits per heavy atom. The predicted molar refractivity (Wildman–Crippen MR) is 174 cm³/mol. The quantitative estimate of drug-likeness (QED) is 0.182. The summed E-state index contributed by atoms with van der Waals surface area (Å²) in [5, 5.41) is 13.6. The van der Waals surface area contributed by atoms with Crippen LogP contribution in [0.5, 0.6) is 0 Å². The summed E-state index contributed by atoms with van der Waals surface area (Å²) in [5.41, 5.74) is 10.8. The molecule has 43 heavy (non-hydrogen) atoms. The maximum absolute atomic E-state index is 13.3. The molecule has 2 heterocycles. The van der Waals surface area contributed by atoms with E-state index in [9.17, 15) is 9.59 Å². The van der Waals surface area contributed by atoms with Crippen molar-refractivity contribution in [2.45, 2.75) is 83.8 Å². The lowest BCUT2D eigenvalue weighted by Crippen LogP contribution is -2.51. The number of rotatable bonds is 12. The molecule has 2 fully saturated rings. The summed E-state index contributed by atoms with van der Waals surface area (Å²) in [6.07, 6.45) is 2.61. The van der Waals surface area contributed by atoms with Crippen molar-refractivity contribution < 1.29 is 14.3 Å². The number of carbonyl (C=O) groups is 2. The lowest BCUT2D eigenvalue weighted by Gasteiger charge is -2.29. The first kappa shape index (κ1) is 31.2. The summed E-state index contributed by atoms with van der Waals surface area (Å²) >= 11 is 1.77. The highest BCUT2D eigenvalue weighted by Crippen LogP contribution is 2.31. The minimum Gasteiger partial charge on any atom is -0.461 e. The Hall–Kier alpha value is -3.24. The molecule has 1 aliphatic heterocycles. The molecule has 6 N–H and O–H groups in total. The summed E-state index contributed by atoms with van der Waals surface area (Å²) in [6, 6.07) is 18.8. The SMILES string of the molecule is Cc1ccc(NC2CNC2)cc1C(=O)NC(C)c1cccc(-c2ccc(CN[C@H]3CC[C@@H](OC(=O)C(N)C(C)C)C3)s2)c1. The number of ether oxygens (including phenoxy) is 1. The third-order valence-corrected chi connectivity index (χ3v) is 9.67.